The van der Waals surface area contributed by atoms with Gasteiger partial charge in [-0.15, -0.1) is 0 Å². The minimum absolute atomic E-state index is 0.0265. The maximum absolute atomic E-state index is 12.1. The van der Waals surface area contributed by atoms with Gasteiger partial charge in [0.05, 0.1) is 11.0 Å². The molecule has 1 atom stereocenters. The van der Waals surface area contributed by atoms with E-state index in [0.29, 0.717) is 5.69 Å². The average Bonchev–Trinajstić information content (AvgIpc) is 2.94. The summed E-state index contributed by atoms with van der Waals surface area (Å²) in [6.45, 7) is 5.43. The van der Waals surface area contributed by atoms with Crippen LogP contribution in [0.1, 0.15) is 44.4 Å². The van der Waals surface area contributed by atoms with Crippen molar-refractivity contribution in [3.05, 3.63) is 50.7 Å². The lowest BCUT2D eigenvalue weighted by Gasteiger charge is -2.22. The molecule has 9 nitrogen and oxygen atoms in total. The maximum Gasteiger partial charge on any atom is 0.408 e. The zero-order chi connectivity index (χ0) is 21.3. The second-order valence-corrected chi connectivity index (χ2v) is 8.15. The predicted octanol–water partition coefficient (Wildman–Crippen LogP) is 4.48. The van der Waals surface area contributed by atoms with Gasteiger partial charge in [-0.1, -0.05) is 17.7 Å². The van der Waals surface area contributed by atoms with Crippen LogP contribution in [0.5, 0.6) is 0 Å². The number of ether oxygens (including phenoxy) is 1. The minimum atomic E-state index is -0.602. The highest BCUT2D eigenvalue weighted by atomic mass is 35.5. The first-order chi connectivity index (χ1) is 13.5. The molecule has 1 aromatic heterocycles. The monoisotopic (exact) mass is 419 g/mol. The number of aromatic nitrogens is 1. The Bertz CT molecular complexity index is 974. The summed E-state index contributed by atoms with van der Waals surface area (Å²) < 4.78 is 5.32. The summed E-state index contributed by atoms with van der Waals surface area (Å²) >= 11 is 5.89. The van der Waals surface area contributed by atoms with Crippen LogP contribution in [-0.2, 0) is 11.2 Å². The number of fused-ring (bicyclic) bond motifs is 1. The van der Waals surface area contributed by atoms with Crippen molar-refractivity contribution in [1.82, 2.24) is 10.3 Å². The lowest BCUT2D eigenvalue weighted by atomic mass is 10.1. The molecular formula is C19H22ClN5O4. The zero-order valence-electron chi connectivity index (χ0n) is 16.3. The van der Waals surface area contributed by atoms with E-state index >= 15 is 0 Å². The smallest absolute Gasteiger partial charge is 0.408 e. The van der Waals surface area contributed by atoms with Crippen molar-refractivity contribution in [2.45, 2.75) is 45.3 Å². The molecule has 0 fully saturated rings. The number of anilines is 3. The van der Waals surface area contributed by atoms with E-state index < -0.39 is 16.6 Å². The molecule has 3 rings (SSSR count). The van der Waals surface area contributed by atoms with Gasteiger partial charge in [0.25, 0.3) is 0 Å². The first kappa shape index (κ1) is 20.7. The molecule has 0 radical (unpaired) electrons. The van der Waals surface area contributed by atoms with Crippen LogP contribution in [0.3, 0.4) is 0 Å². The highest BCUT2D eigenvalue weighted by Crippen LogP contribution is 2.36. The molecule has 0 bridgehead atoms. The Balaban J connectivity index is 1.80. The molecule has 0 unspecified atom stereocenters. The van der Waals surface area contributed by atoms with E-state index in [1.165, 1.54) is 6.07 Å². The summed E-state index contributed by atoms with van der Waals surface area (Å²) in [6.07, 6.45) is 1.02. The number of nitrogen functional groups attached to an aromatic ring is 1. The van der Waals surface area contributed by atoms with Crippen molar-refractivity contribution < 1.29 is 14.5 Å². The number of amides is 1. The Kier molecular flexibility index (Phi) is 5.52. The molecule has 0 saturated carbocycles. The van der Waals surface area contributed by atoms with Crippen molar-refractivity contribution in [2.24, 2.45) is 0 Å². The number of aryl methyl sites for hydroxylation is 1. The van der Waals surface area contributed by atoms with E-state index in [2.05, 4.69) is 15.6 Å². The van der Waals surface area contributed by atoms with Crippen molar-refractivity contribution >= 4 is 40.6 Å². The van der Waals surface area contributed by atoms with E-state index in [-0.39, 0.29) is 28.4 Å². The van der Waals surface area contributed by atoms with Crippen LogP contribution in [0.2, 0.25) is 5.15 Å². The minimum Gasteiger partial charge on any atom is -0.444 e. The summed E-state index contributed by atoms with van der Waals surface area (Å²) in [4.78, 5) is 26.8. The van der Waals surface area contributed by atoms with Crippen molar-refractivity contribution in [3.63, 3.8) is 0 Å². The molecule has 154 valence electrons. The fraction of sp³-hybridized carbons (Fsp3) is 0.368. The lowest BCUT2D eigenvalue weighted by Crippen LogP contribution is -2.34. The maximum atomic E-state index is 12.1. The highest BCUT2D eigenvalue weighted by Gasteiger charge is 2.27. The number of nitrogens with zero attached hydrogens (tertiary/aromatic N) is 2. The Morgan fingerprint density at radius 2 is 2.10 bits per heavy atom. The van der Waals surface area contributed by atoms with Gasteiger partial charge in [0.1, 0.15) is 16.4 Å². The fourth-order valence-corrected chi connectivity index (χ4v) is 3.44. The summed E-state index contributed by atoms with van der Waals surface area (Å²) in [5.74, 6) is -0.0265. The number of benzene rings is 1. The van der Waals surface area contributed by atoms with Gasteiger partial charge in [0.2, 0.25) is 5.82 Å². The molecule has 0 aliphatic heterocycles. The molecule has 1 amide bonds. The van der Waals surface area contributed by atoms with Crippen LogP contribution in [0, 0.1) is 10.1 Å². The topological polar surface area (TPSA) is 132 Å². The molecule has 4 N–H and O–H groups in total. The number of alkyl carbamates (subject to hydrolysis) is 1. The van der Waals surface area contributed by atoms with Gasteiger partial charge in [0, 0.05) is 11.8 Å². The number of nitrogens with two attached hydrogens (primary N) is 1. The summed E-state index contributed by atoms with van der Waals surface area (Å²) in [5, 5.41) is 17.2. The van der Waals surface area contributed by atoms with E-state index in [9.17, 15) is 14.9 Å². The number of halogens is 1. The quantitative estimate of drug-likeness (QED) is 0.378. The van der Waals surface area contributed by atoms with Crippen molar-refractivity contribution in [2.75, 3.05) is 11.1 Å². The van der Waals surface area contributed by atoms with Gasteiger partial charge >= 0.3 is 11.8 Å². The van der Waals surface area contributed by atoms with Gasteiger partial charge in [-0.2, -0.15) is 0 Å². The highest BCUT2D eigenvalue weighted by molar-refractivity contribution is 6.30. The zero-order valence-corrected chi connectivity index (χ0v) is 17.0. The van der Waals surface area contributed by atoms with E-state index in [1.807, 2.05) is 32.9 Å². The molecule has 1 aromatic carbocycles. The van der Waals surface area contributed by atoms with Crippen LogP contribution in [0.4, 0.5) is 27.7 Å². The molecule has 2 aromatic rings. The van der Waals surface area contributed by atoms with E-state index in [4.69, 9.17) is 22.1 Å². The van der Waals surface area contributed by atoms with Crippen molar-refractivity contribution in [1.29, 1.82) is 0 Å². The molecule has 1 aliphatic carbocycles. The molecule has 1 aliphatic rings. The first-order valence-electron chi connectivity index (χ1n) is 9.03. The van der Waals surface area contributed by atoms with Gasteiger partial charge in [0.15, 0.2) is 0 Å². The molecule has 1 heterocycles. The molecule has 29 heavy (non-hydrogen) atoms. The van der Waals surface area contributed by atoms with Crippen molar-refractivity contribution in [3.8, 4) is 0 Å². The fourth-order valence-electron chi connectivity index (χ4n) is 3.24. The van der Waals surface area contributed by atoms with Gasteiger partial charge < -0.3 is 21.1 Å². The van der Waals surface area contributed by atoms with Gasteiger partial charge in [-0.05, 0) is 56.9 Å². The average molecular weight is 420 g/mol. The lowest BCUT2D eigenvalue weighted by molar-refractivity contribution is -0.383. The Morgan fingerprint density at radius 3 is 2.76 bits per heavy atom. The molecule has 0 saturated heterocycles. The van der Waals surface area contributed by atoms with Crippen LogP contribution < -0.4 is 16.4 Å². The summed E-state index contributed by atoms with van der Waals surface area (Å²) in [6, 6.07) is 6.58. The number of carbonyl (C=O) groups excluding carboxylic acids is 1. The second kappa shape index (κ2) is 7.75. The number of rotatable bonds is 4. The molecule has 0 spiro atoms. The molecule has 10 heteroatoms. The van der Waals surface area contributed by atoms with E-state index in [1.54, 1.807) is 6.07 Å². The SMILES string of the molecule is CC(C)(C)OC(=O)N[C@H]1CCc2cc(Nc3nc(Cl)cc(N)c3[N+](=O)[O-])ccc21. The summed E-state index contributed by atoms with van der Waals surface area (Å²) in [5.41, 5.74) is 7.36. The normalized spacial score (nSPS) is 15.5. The Morgan fingerprint density at radius 1 is 1.38 bits per heavy atom. The number of hydrogen-bond donors (Lipinski definition) is 3. The van der Waals surface area contributed by atoms with Gasteiger partial charge in [-0.25, -0.2) is 9.78 Å². The number of hydrogen-bond acceptors (Lipinski definition) is 7. The number of carbonyl (C=O) groups is 1. The third-order valence-electron chi connectivity index (χ3n) is 4.35. The largest absolute Gasteiger partial charge is 0.444 e. The molecular weight excluding hydrogens is 398 g/mol. The van der Waals surface area contributed by atoms with Gasteiger partial charge in [-0.3, -0.25) is 10.1 Å². The van der Waals surface area contributed by atoms with Crippen LogP contribution in [-0.4, -0.2) is 21.6 Å². The Labute approximate surface area is 172 Å². The summed E-state index contributed by atoms with van der Waals surface area (Å²) in [7, 11) is 0. The number of pyridine rings is 1. The third kappa shape index (κ3) is 4.86. The standard InChI is InChI=1S/C19H22ClN5O4/c1-19(2,3)29-18(26)23-14-7-4-10-8-11(5-6-12(10)14)22-17-16(25(27)28)13(21)9-15(20)24-17/h5-6,8-9,14H,4,7H2,1-3H3,(H,23,26)(H3,21,22,24)/t14-/m0/s1. The predicted molar refractivity (Wildman–Crippen MR) is 110 cm³/mol. The third-order valence-corrected chi connectivity index (χ3v) is 4.54. The van der Waals surface area contributed by atoms with Crippen LogP contribution in [0.15, 0.2) is 24.3 Å². The van der Waals surface area contributed by atoms with Crippen LogP contribution in [0.25, 0.3) is 0 Å². The first-order valence-corrected chi connectivity index (χ1v) is 9.41. The second-order valence-electron chi connectivity index (χ2n) is 7.76. The van der Waals surface area contributed by atoms with E-state index in [0.717, 1.165) is 24.0 Å². The number of nitrogens with one attached hydrogen (secondary N) is 2. The Hall–Kier alpha value is -3.07. The van der Waals surface area contributed by atoms with Crippen LogP contribution >= 0.6 is 11.6 Å². The number of nitro groups is 1.